The molecule has 2 aromatic heterocycles. The Morgan fingerprint density at radius 2 is 1.86 bits per heavy atom. The van der Waals surface area contributed by atoms with Crippen LogP contribution in [0.1, 0.15) is 36.2 Å². The highest BCUT2D eigenvalue weighted by Gasteiger charge is 2.22. The van der Waals surface area contributed by atoms with Gasteiger partial charge in [0.25, 0.3) is 10.0 Å². The van der Waals surface area contributed by atoms with Crippen LogP contribution in [0.3, 0.4) is 0 Å². The number of hydrogen-bond donors (Lipinski definition) is 0. The maximum Gasteiger partial charge on any atom is 0.285 e. The molecule has 2 heterocycles. The van der Waals surface area contributed by atoms with Gasteiger partial charge in [0.1, 0.15) is 12.4 Å². The average molecular weight is 399 g/mol. The number of benzene rings is 1. The second-order valence-corrected chi connectivity index (χ2v) is 9.20. The fourth-order valence-corrected chi connectivity index (χ4v) is 4.36. The molecule has 0 aliphatic rings. The Bertz CT molecular complexity index is 1050. The molecule has 0 N–H and O–H groups in total. The van der Waals surface area contributed by atoms with E-state index in [4.69, 9.17) is 4.74 Å². The number of rotatable bonds is 7. The quantitative estimate of drug-likeness (QED) is 0.587. The SMILES string of the molecule is Cc1ccc(OCc2cc(CC(C)C)cn2S(=O)(=O)c2ccccn2)cc1C. The van der Waals surface area contributed by atoms with Crippen LogP contribution in [0, 0.1) is 19.8 Å². The summed E-state index contributed by atoms with van der Waals surface area (Å²) in [5.41, 5.74) is 3.87. The van der Waals surface area contributed by atoms with E-state index in [0.29, 0.717) is 11.6 Å². The van der Waals surface area contributed by atoms with Gasteiger partial charge in [0.15, 0.2) is 5.03 Å². The molecule has 0 aliphatic carbocycles. The van der Waals surface area contributed by atoms with E-state index in [1.807, 2.05) is 38.1 Å². The average Bonchev–Trinajstić information content (AvgIpc) is 3.06. The monoisotopic (exact) mass is 398 g/mol. The van der Waals surface area contributed by atoms with Crippen molar-refractivity contribution in [3.8, 4) is 5.75 Å². The van der Waals surface area contributed by atoms with E-state index in [-0.39, 0.29) is 11.6 Å². The van der Waals surface area contributed by atoms with Crippen LogP contribution in [0.5, 0.6) is 5.75 Å². The Hall–Kier alpha value is -2.60. The molecule has 0 aliphatic heterocycles. The fourth-order valence-electron chi connectivity index (χ4n) is 3.02. The number of hydrogen-bond acceptors (Lipinski definition) is 4. The zero-order valence-electron chi connectivity index (χ0n) is 16.7. The lowest BCUT2D eigenvalue weighted by Crippen LogP contribution is -2.17. The molecule has 0 atom stereocenters. The second kappa shape index (κ2) is 8.19. The van der Waals surface area contributed by atoms with E-state index < -0.39 is 10.0 Å². The van der Waals surface area contributed by atoms with E-state index in [1.54, 1.807) is 18.3 Å². The zero-order chi connectivity index (χ0) is 20.3. The number of aryl methyl sites for hydroxylation is 2. The molecular formula is C22H26N2O3S. The molecule has 0 saturated heterocycles. The summed E-state index contributed by atoms with van der Waals surface area (Å²) in [4.78, 5) is 4.03. The van der Waals surface area contributed by atoms with Crippen molar-refractivity contribution < 1.29 is 13.2 Å². The molecule has 28 heavy (non-hydrogen) atoms. The molecule has 5 nitrogen and oxygen atoms in total. The summed E-state index contributed by atoms with van der Waals surface area (Å²) in [5.74, 6) is 1.14. The van der Waals surface area contributed by atoms with Crippen LogP contribution in [0.15, 0.2) is 59.9 Å². The highest BCUT2D eigenvalue weighted by atomic mass is 32.2. The summed E-state index contributed by atoms with van der Waals surface area (Å²) in [6.45, 7) is 8.44. The summed E-state index contributed by atoms with van der Waals surface area (Å²) in [5, 5.41) is 0.0223. The number of aromatic nitrogens is 2. The summed E-state index contributed by atoms with van der Waals surface area (Å²) >= 11 is 0. The summed E-state index contributed by atoms with van der Waals surface area (Å²) in [7, 11) is -3.78. The van der Waals surface area contributed by atoms with Crippen molar-refractivity contribution >= 4 is 10.0 Å². The molecule has 0 saturated carbocycles. The van der Waals surface area contributed by atoms with Crippen molar-refractivity contribution in [1.82, 2.24) is 8.96 Å². The van der Waals surface area contributed by atoms with Crippen molar-refractivity contribution in [1.29, 1.82) is 0 Å². The molecule has 3 aromatic rings. The number of ether oxygens (including phenoxy) is 1. The first-order valence-corrected chi connectivity index (χ1v) is 10.8. The van der Waals surface area contributed by atoms with Crippen LogP contribution >= 0.6 is 0 Å². The summed E-state index contributed by atoms with van der Waals surface area (Å²) in [6.07, 6.45) is 3.96. The van der Waals surface area contributed by atoms with Crippen molar-refractivity contribution in [3.63, 3.8) is 0 Å². The van der Waals surface area contributed by atoms with E-state index in [0.717, 1.165) is 23.3 Å². The predicted octanol–water partition coefficient (Wildman–Crippen LogP) is 4.51. The normalized spacial score (nSPS) is 11.8. The highest BCUT2D eigenvalue weighted by molar-refractivity contribution is 7.89. The molecular weight excluding hydrogens is 372 g/mol. The Labute approximate surface area is 167 Å². The van der Waals surface area contributed by atoms with Gasteiger partial charge in [0, 0.05) is 12.4 Å². The number of pyridine rings is 1. The first-order valence-electron chi connectivity index (χ1n) is 9.34. The largest absolute Gasteiger partial charge is 0.487 e. The van der Waals surface area contributed by atoms with Crippen LogP contribution in [-0.2, 0) is 23.1 Å². The van der Waals surface area contributed by atoms with Gasteiger partial charge < -0.3 is 4.74 Å². The molecule has 148 valence electrons. The van der Waals surface area contributed by atoms with Crippen molar-refractivity contribution in [2.75, 3.05) is 0 Å². The van der Waals surface area contributed by atoms with Gasteiger partial charge in [0.05, 0.1) is 5.69 Å². The smallest absolute Gasteiger partial charge is 0.285 e. The van der Waals surface area contributed by atoms with Gasteiger partial charge in [-0.05, 0) is 73.2 Å². The maximum atomic E-state index is 13.1. The van der Waals surface area contributed by atoms with Crippen molar-refractivity contribution in [2.24, 2.45) is 5.92 Å². The van der Waals surface area contributed by atoms with Gasteiger partial charge in [-0.1, -0.05) is 26.0 Å². The third-order valence-electron chi connectivity index (χ3n) is 4.59. The molecule has 1 aromatic carbocycles. The van der Waals surface area contributed by atoms with Gasteiger partial charge in [-0.25, -0.2) is 8.96 Å². The van der Waals surface area contributed by atoms with E-state index in [1.165, 1.54) is 21.8 Å². The Morgan fingerprint density at radius 3 is 2.50 bits per heavy atom. The molecule has 0 bridgehead atoms. The van der Waals surface area contributed by atoms with Gasteiger partial charge in [0.2, 0.25) is 0 Å². The lowest BCUT2D eigenvalue weighted by atomic mass is 10.1. The van der Waals surface area contributed by atoms with Gasteiger partial charge in [-0.15, -0.1) is 0 Å². The lowest BCUT2D eigenvalue weighted by molar-refractivity contribution is 0.300. The molecule has 3 rings (SSSR count). The summed E-state index contributed by atoms with van der Waals surface area (Å²) in [6, 6.07) is 12.6. The van der Waals surface area contributed by atoms with Crippen LogP contribution < -0.4 is 4.74 Å². The first-order chi connectivity index (χ1) is 13.3. The molecule has 0 fully saturated rings. The van der Waals surface area contributed by atoms with Crippen molar-refractivity contribution in [2.45, 2.75) is 45.7 Å². The standard InChI is InChI=1S/C22H26N2O3S/c1-16(2)11-19-13-20(15-27-21-9-8-17(3)18(4)12-21)24(14-19)28(25,26)22-7-5-6-10-23-22/h5-10,12-14,16H,11,15H2,1-4H3. The minimum Gasteiger partial charge on any atom is -0.487 e. The van der Waals surface area contributed by atoms with Crippen molar-refractivity contribution in [3.05, 3.63) is 77.2 Å². The Balaban J connectivity index is 1.95. The first kappa shape index (κ1) is 20.1. The topological polar surface area (TPSA) is 61.2 Å². The molecule has 0 spiro atoms. The highest BCUT2D eigenvalue weighted by Crippen LogP contribution is 2.22. The fraction of sp³-hybridized carbons (Fsp3) is 0.318. The van der Waals surface area contributed by atoms with Crippen LogP contribution in [0.4, 0.5) is 0 Å². The van der Waals surface area contributed by atoms with Gasteiger partial charge in [-0.2, -0.15) is 8.42 Å². The molecule has 0 unspecified atom stereocenters. The lowest BCUT2D eigenvalue weighted by Gasteiger charge is -2.12. The van der Waals surface area contributed by atoms with Crippen LogP contribution in [0.25, 0.3) is 0 Å². The van der Waals surface area contributed by atoms with E-state index in [9.17, 15) is 8.42 Å². The summed E-state index contributed by atoms with van der Waals surface area (Å²) < 4.78 is 33.4. The Kier molecular flexibility index (Phi) is 5.89. The molecule has 0 amide bonds. The third-order valence-corrected chi connectivity index (χ3v) is 6.22. The minimum atomic E-state index is -3.78. The second-order valence-electron chi connectivity index (χ2n) is 7.44. The molecule has 0 radical (unpaired) electrons. The zero-order valence-corrected chi connectivity index (χ0v) is 17.5. The van der Waals surface area contributed by atoms with Gasteiger partial charge in [-0.3, -0.25) is 0 Å². The van der Waals surface area contributed by atoms with E-state index >= 15 is 0 Å². The minimum absolute atomic E-state index is 0.0223. The molecule has 6 heteroatoms. The van der Waals surface area contributed by atoms with E-state index in [2.05, 4.69) is 18.8 Å². The Morgan fingerprint density at radius 1 is 1.07 bits per heavy atom. The number of nitrogens with zero attached hydrogens (tertiary/aromatic N) is 2. The maximum absolute atomic E-state index is 13.1. The van der Waals surface area contributed by atoms with Gasteiger partial charge >= 0.3 is 0 Å². The third kappa shape index (κ3) is 4.44. The predicted molar refractivity (Wildman–Crippen MR) is 110 cm³/mol. The van der Waals surface area contributed by atoms with Crippen LogP contribution in [0.2, 0.25) is 0 Å². The van der Waals surface area contributed by atoms with Crippen LogP contribution in [-0.4, -0.2) is 17.4 Å².